The average molecular weight is 370 g/mol. The molecule has 0 spiro atoms. The van der Waals surface area contributed by atoms with Gasteiger partial charge in [-0.1, -0.05) is 13.3 Å². The number of likely N-dealkylation sites (tertiary alicyclic amines) is 1. The lowest BCUT2D eigenvalue weighted by Gasteiger charge is -2.36. The van der Waals surface area contributed by atoms with E-state index in [2.05, 4.69) is 29.0 Å². The van der Waals surface area contributed by atoms with Crippen molar-refractivity contribution in [1.82, 2.24) is 19.7 Å². The van der Waals surface area contributed by atoms with Gasteiger partial charge in [0, 0.05) is 51.3 Å². The highest BCUT2D eigenvalue weighted by Crippen LogP contribution is 2.23. The Balaban J connectivity index is 1.63. The first-order chi connectivity index (χ1) is 13.2. The fourth-order valence-corrected chi connectivity index (χ4v) is 3.70. The molecular weight excluding hydrogens is 338 g/mol. The number of pyridine rings is 1. The van der Waals surface area contributed by atoms with E-state index >= 15 is 0 Å². The van der Waals surface area contributed by atoms with Crippen LogP contribution in [0.2, 0.25) is 0 Å². The maximum absolute atomic E-state index is 13.1. The molecule has 6 nitrogen and oxygen atoms in total. The van der Waals surface area contributed by atoms with Crippen molar-refractivity contribution in [1.29, 1.82) is 0 Å². The van der Waals surface area contributed by atoms with Crippen LogP contribution in [0.4, 0.5) is 5.82 Å². The Morgan fingerprint density at radius 2 is 2.22 bits per heavy atom. The minimum Gasteiger partial charge on any atom is -0.360 e. The Kier molecular flexibility index (Phi) is 6.85. The number of hydrogen-bond acceptors (Lipinski definition) is 4. The van der Waals surface area contributed by atoms with Crippen LogP contribution >= 0.6 is 0 Å². The molecule has 0 unspecified atom stereocenters. The zero-order valence-corrected chi connectivity index (χ0v) is 16.5. The van der Waals surface area contributed by atoms with E-state index in [1.54, 1.807) is 12.4 Å². The number of rotatable bonds is 8. The van der Waals surface area contributed by atoms with Crippen molar-refractivity contribution in [3.8, 4) is 0 Å². The van der Waals surface area contributed by atoms with Gasteiger partial charge in [0.25, 0.3) is 5.91 Å². The van der Waals surface area contributed by atoms with Crippen LogP contribution in [0.1, 0.15) is 55.8 Å². The molecule has 0 saturated carbocycles. The molecule has 3 heterocycles. The van der Waals surface area contributed by atoms with Crippen molar-refractivity contribution in [2.75, 3.05) is 25.0 Å². The van der Waals surface area contributed by atoms with Crippen molar-refractivity contribution < 1.29 is 4.79 Å². The number of hydrogen-bond donors (Lipinski definition) is 0. The highest BCUT2D eigenvalue weighted by atomic mass is 16.2. The predicted octanol–water partition coefficient (Wildman–Crippen LogP) is 3.60. The molecule has 27 heavy (non-hydrogen) atoms. The van der Waals surface area contributed by atoms with Gasteiger partial charge in [0.05, 0.1) is 5.56 Å². The molecule has 1 aliphatic rings. The summed E-state index contributed by atoms with van der Waals surface area (Å²) in [6.07, 6.45) is 12.1. The number of aromatic nitrogens is 3. The molecule has 0 aliphatic carbocycles. The molecular formula is C21H31N5O. The zero-order valence-electron chi connectivity index (χ0n) is 16.5. The van der Waals surface area contributed by atoms with Crippen LogP contribution < -0.4 is 4.90 Å². The van der Waals surface area contributed by atoms with E-state index in [-0.39, 0.29) is 11.9 Å². The van der Waals surface area contributed by atoms with Crippen LogP contribution in [0.3, 0.4) is 0 Å². The van der Waals surface area contributed by atoms with E-state index in [1.807, 2.05) is 34.0 Å². The summed E-state index contributed by atoms with van der Waals surface area (Å²) >= 11 is 0. The maximum atomic E-state index is 13.1. The van der Waals surface area contributed by atoms with Crippen LogP contribution in [0.25, 0.3) is 0 Å². The summed E-state index contributed by atoms with van der Waals surface area (Å²) in [6, 6.07) is 6.11. The van der Waals surface area contributed by atoms with Gasteiger partial charge >= 0.3 is 0 Å². The highest BCUT2D eigenvalue weighted by molar-refractivity contribution is 5.94. The van der Waals surface area contributed by atoms with Crippen molar-refractivity contribution in [2.24, 2.45) is 0 Å². The zero-order chi connectivity index (χ0) is 19.1. The number of anilines is 1. The Labute approximate surface area is 162 Å². The largest absolute Gasteiger partial charge is 0.360 e. The van der Waals surface area contributed by atoms with Crippen molar-refractivity contribution in [2.45, 2.75) is 58.0 Å². The highest BCUT2D eigenvalue weighted by Gasteiger charge is 2.27. The van der Waals surface area contributed by atoms with E-state index in [4.69, 9.17) is 0 Å². The topological polar surface area (TPSA) is 54.3 Å². The Bertz CT molecular complexity index is 698. The molecule has 2 aromatic heterocycles. The van der Waals surface area contributed by atoms with E-state index in [9.17, 15) is 4.79 Å². The first kappa shape index (κ1) is 19.4. The summed E-state index contributed by atoms with van der Waals surface area (Å²) in [5.41, 5.74) is 0.689. The van der Waals surface area contributed by atoms with Gasteiger partial charge in [0.15, 0.2) is 0 Å². The molecule has 2 aromatic rings. The lowest BCUT2D eigenvalue weighted by atomic mass is 9.98. The second-order valence-corrected chi connectivity index (χ2v) is 7.39. The standard InChI is InChI=1S/C21H31N5O/c1-3-4-13-24(2)20-10-9-18(17-22-20)21(27)26-15-6-5-8-19(26)11-16-25-14-7-12-23-25/h7,9-10,12,14,17,19H,3-6,8,11,13,15-16H2,1-2H3/t19-/m1/s1. The molecule has 0 radical (unpaired) electrons. The SMILES string of the molecule is CCCCN(C)c1ccc(C(=O)N2CCCC[C@@H]2CCn2cccn2)cn1. The number of unbranched alkanes of at least 4 members (excludes halogenated alkanes) is 1. The number of carbonyl (C=O) groups is 1. The van der Waals surface area contributed by atoms with Crippen molar-refractivity contribution >= 4 is 11.7 Å². The molecule has 1 saturated heterocycles. The second-order valence-electron chi connectivity index (χ2n) is 7.39. The molecule has 0 N–H and O–H groups in total. The Hall–Kier alpha value is -2.37. The van der Waals surface area contributed by atoms with Crippen molar-refractivity contribution in [3.63, 3.8) is 0 Å². The Morgan fingerprint density at radius 3 is 2.93 bits per heavy atom. The van der Waals surface area contributed by atoms with Gasteiger partial charge in [0.1, 0.15) is 5.82 Å². The third-order valence-electron chi connectivity index (χ3n) is 5.37. The van der Waals surface area contributed by atoms with E-state index < -0.39 is 0 Å². The van der Waals surface area contributed by atoms with E-state index in [0.29, 0.717) is 5.56 Å². The fraction of sp³-hybridized carbons (Fsp3) is 0.571. The first-order valence-corrected chi connectivity index (χ1v) is 10.1. The molecule has 0 aromatic carbocycles. The lowest BCUT2D eigenvalue weighted by Crippen LogP contribution is -2.44. The summed E-state index contributed by atoms with van der Waals surface area (Å²) in [5.74, 6) is 1.03. The van der Waals surface area contributed by atoms with Gasteiger partial charge in [-0.15, -0.1) is 0 Å². The minimum absolute atomic E-state index is 0.107. The average Bonchev–Trinajstić information content (AvgIpc) is 3.24. The summed E-state index contributed by atoms with van der Waals surface area (Å²) < 4.78 is 1.94. The van der Waals surface area contributed by atoms with Crippen LogP contribution in [0.15, 0.2) is 36.8 Å². The number of amides is 1. The molecule has 6 heteroatoms. The quantitative estimate of drug-likeness (QED) is 0.713. The molecule has 3 rings (SSSR count). The second kappa shape index (κ2) is 9.53. The van der Waals surface area contributed by atoms with E-state index in [1.165, 1.54) is 6.42 Å². The lowest BCUT2D eigenvalue weighted by molar-refractivity contribution is 0.0593. The monoisotopic (exact) mass is 369 g/mol. The number of piperidine rings is 1. The van der Waals surface area contributed by atoms with Gasteiger partial charge in [-0.25, -0.2) is 4.98 Å². The van der Waals surface area contributed by atoms with E-state index in [0.717, 1.165) is 57.6 Å². The van der Waals surface area contributed by atoms with Crippen molar-refractivity contribution in [3.05, 3.63) is 42.4 Å². The first-order valence-electron chi connectivity index (χ1n) is 10.1. The molecule has 146 valence electrons. The number of carbonyl (C=O) groups excluding carboxylic acids is 1. The minimum atomic E-state index is 0.107. The van der Waals surface area contributed by atoms with Gasteiger partial charge < -0.3 is 9.80 Å². The van der Waals surface area contributed by atoms with Gasteiger partial charge in [-0.3, -0.25) is 9.48 Å². The molecule has 1 atom stereocenters. The normalized spacial score (nSPS) is 17.1. The van der Waals surface area contributed by atoms with Crippen LogP contribution in [0.5, 0.6) is 0 Å². The molecule has 0 bridgehead atoms. The summed E-state index contributed by atoms with van der Waals surface area (Å²) in [6.45, 7) is 4.85. The number of nitrogens with zero attached hydrogens (tertiary/aromatic N) is 5. The predicted molar refractivity (Wildman–Crippen MR) is 108 cm³/mol. The van der Waals surface area contributed by atoms with Crippen LogP contribution in [-0.4, -0.2) is 51.8 Å². The maximum Gasteiger partial charge on any atom is 0.255 e. The summed E-state index contributed by atoms with van der Waals surface area (Å²) in [4.78, 5) is 21.8. The molecule has 1 aliphatic heterocycles. The molecule has 1 fully saturated rings. The molecule has 1 amide bonds. The smallest absolute Gasteiger partial charge is 0.255 e. The van der Waals surface area contributed by atoms with Gasteiger partial charge in [-0.2, -0.15) is 5.10 Å². The van der Waals surface area contributed by atoms with Gasteiger partial charge in [-0.05, 0) is 50.3 Å². The van der Waals surface area contributed by atoms with Gasteiger partial charge in [0.2, 0.25) is 0 Å². The van der Waals surface area contributed by atoms with Crippen LogP contribution in [-0.2, 0) is 6.54 Å². The third kappa shape index (κ3) is 5.08. The van der Waals surface area contributed by atoms with Crippen LogP contribution in [0, 0.1) is 0 Å². The Morgan fingerprint density at radius 1 is 1.33 bits per heavy atom. The number of aryl methyl sites for hydroxylation is 1. The third-order valence-corrected chi connectivity index (χ3v) is 5.37. The summed E-state index contributed by atoms with van der Waals surface area (Å²) in [7, 11) is 2.05. The summed E-state index contributed by atoms with van der Waals surface area (Å²) in [5, 5.41) is 4.27. The fourth-order valence-electron chi connectivity index (χ4n) is 3.70.